The summed E-state index contributed by atoms with van der Waals surface area (Å²) in [6.45, 7) is 6.28. The van der Waals surface area contributed by atoms with E-state index in [0.717, 1.165) is 34.7 Å². The highest BCUT2D eigenvalue weighted by molar-refractivity contribution is 6.17. The van der Waals surface area contributed by atoms with Gasteiger partial charge in [-0.2, -0.15) is 0 Å². The zero-order valence-electron chi connectivity index (χ0n) is 12.5. The number of rotatable bonds is 3. The Morgan fingerprint density at radius 3 is 2.67 bits per heavy atom. The van der Waals surface area contributed by atoms with Crippen LogP contribution in [0.4, 0.5) is 0 Å². The number of imidazole rings is 1. The minimum atomic E-state index is 0.549. The molecule has 4 heteroatoms. The molecule has 1 aromatic carbocycles. The maximum Gasteiger partial charge on any atom is 0.164 e. The molecule has 0 saturated carbocycles. The average Bonchev–Trinajstić information content (AvgIpc) is 2.82. The molecule has 0 unspecified atom stereocenters. The first-order valence-electron chi connectivity index (χ1n) is 7.08. The number of halogens is 1. The van der Waals surface area contributed by atoms with E-state index in [1.165, 1.54) is 11.1 Å². The fourth-order valence-corrected chi connectivity index (χ4v) is 2.77. The predicted octanol–water partition coefficient (Wildman–Crippen LogP) is 4.13. The molecule has 108 valence electrons. The van der Waals surface area contributed by atoms with Gasteiger partial charge >= 0.3 is 0 Å². The number of pyridine rings is 1. The number of fused-ring (bicyclic) bond motifs is 1. The lowest BCUT2D eigenvalue weighted by molar-refractivity contribution is 0.899. The largest absolute Gasteiger partial charge is 0.280 e. The van der Waals surface area contributed by atoms with E-state index in [-0.39, 0.29) is 0 Å². The van der Waals surface area contributed by atoms with Crippen LogP contribution >= 0.6 is 11.6 Å². The Morgan fingerprint density at radius 2 is 1.90 bits per heavy atom. The molecule has 0 atom stereocenters. The van der Waals surface area contributed by atoms with Crippen molar-refractivity contribution in [3.8, 4) is 5.69 Å². The molecule has 0 bridgehead atoms. The third-order valence-corrected chi connectivity index (χ3v) is 3.93. The number of benzene rings is 1. The quantitative estimate of drug-likeness (QED) is 0.681. The highest BCUT2D eigenvalue weighted by atomic mass is 35.5. The van der Waals surface area contributed by atoms with E-state index < -0.39 is 0 Å². The predicted molar refractivity (Wildman–Crippen MR) is 87.5 cm³/mol. The van der Waals surface area contributed by atoms with Crippen LogP contribution in [0.5, 0.6) is 0 Å². The minimum Gasteiger partial charge on any atom is -0.280 e. The van der Waals surface area contributed by atoms with Crippen molar-refractivity contribution in [2.75, 3.05) is 5.88 Å². The first-order valence-corrected chi connectivity index (χ1v) is 7.62. The average molecular weight is 300 g/mol. The van der Waals surface area contributed by atoms with Crippen LogP contribution in [0.25, 0.3) is 16.9 Å². The van der Waals surface area contributed by atoms with Gasteiger partial charge in [-0.25, -0.2) is 9.97 Å². The molecule has 2 heterocycles. The fourth-order valence-electron chi connectivity index (χ4n) is 2.60. The first-order chi connectivity index (χ1) is 10.1. The van der Waals surface area contributed by atoms with Gasteiger partial charge in [-0.3, -0.25) is 4.57 Å². The summed E-state index contributed by atoms with van der Waals surface area (Å²) < 4.78 is 2.15. The normalized spacial score (nSPS) is 11.2. The topological polar surface area (TPSA) is 30.7 Å². The number of nitrogens with zero attached hydrogens (tertiary/aromatic N) is 3. The lowest BCUT2D eigenvalue weighted by Crippen LogP contribution is -2.05. The van der Waals surface area contributed by atoms with E-state index in [9.17, 15) is 0 Å². The summed E-state index contributed by atoms with van der Waals surface area (Å²) in [5, 5.41) is 0. The maximum atomic E-state index is 5.96. The van der Waals surface area contributed by atoms with E-state index in [2.05, 4.69) is 48.5 Å². The highest BCUT2D eigenvalue weighted by Crippen LogP contribution is 2.25. The van der Waals surface area contributed by atoms with Crippen molar-refractivity contribution in [2.45, 2.75) is 27.2 Å². The molecule has 3 nitrogen and oxygen atoms in total. The summed E-state index contributed by atoms with van der Waals surface area (Å²) in [6.07, 6.45) is 2.57. The Morgan fingerprint density at radius 1 is 1.10 bits per heavy atom. The Labute approximate surface area is 129 Å². The van der Waals surface area contributed by atoms with Gasteiger partial charge in [0.15, 0.2) is 5.65 Å². The van der Waals surface area contributed by atoms with Crippen LogP contribution in [0.1, 0.15) is 22.5 Å². The number of alkyl halides is 1. The Bertz CT molecular complexity index is 805. The van der Waals surface area contributed by atoms with Crippen LogP contribution in [0.15, 0.2) is 30.5 Å². The monoisotopic (exact) mass is 299 g/mol. The smallest absolute Gasteiger partial charge is 0.164 e. The third kappa shape index (κ3) is 2.42. The molecule has 2 aromatic heterocycles. The van der Waals surface area contributed by atoms with Gasteiger partial charge in [-0.1, -0.05) is 12.1 Å². The summed E-state index contributed by atoms with van der Waals surface area (Å²) in [7, 11) is 0. The molecule has 0 aliphatic carbocycles. The van der Waals surface area contributed by atoms with Crippen LogP contribution in [-0.4, -0.2) is 20.4 Å². The molecule has 0 amide bonds. The van der Waals surface area contributed by atoms with Gasteiger partial charge in [0.25, 0.3) is 0 Å². The van der Waals surface area contributed by atoms with Gasteiger partial charge in [0.1, 0.15) is 11.3 Å². The van der Waals surface area contributed by atoms with Crippen LogP contribution in [-0.2, 0) is 6.42 Å². The summed E-state index contributed by atoms with van der Waals surface area (Å²) in [6, 6.07) is 8.43. The molecule has 0 aliphatic rings. The highest BCUT2D eigenvalue weighted by Gasteiger charge is 2.16. The Kier molecular flexibility index (Phi) is 3.68. The Hall–Kier alpha value is -1.87. The van der Waals surface area contributed by atoms with Crippen molar-refractivity contribution < 1.29 is 0 Å². The molecule has 0 N–H and O–H groups in total. The Balaban J connectivity index is 2.36. The van der Waals surface area contributed by atoms with Gasteiger partial charge in [0.05, 0.1) is 5.69 Å². The number of hydrogen-bond donors (Lipinski definition) is 0. The van der Waals surface area contributed by atoms with Crippen molar-refractivity contribution in [2.24, 2.45) is 0 Å². The molecular weight excluding hydrogens is 282 g/mol. The summed E-state index contributed by atoms with van der Waals surface area (Å²) in [5.41, 5.74) is 6.57. The molecule has 0 radical (unpaired) electrons. The molecule has 0 saturated heterocycles. The number of aryl methyl sites for hydroxylation is 4. The zero-order chi connectivity index (χ0) is 15.0. The fraction of sp³-hybridized carbons (Fsp3) is 0.294. The molecular formula is C17H18ClN3. The van der Waals surface area contributed by atoms with Gasteiger partial charge < -0.3 is 0 Å². The van der Waals surface area contributed by atoms with E-state index in [4.69, 9.17) is 16.6 Å². The molecule has 0 spiro atoms. The van der Waals surface area contributed by atoms with E-state index >= 15 is 0 Å². The van der Waals surface area contributed by atoms with Crippen LogP contribution in [0.3, 0.4) is 0 Å². The molecule has 0 fully saturated rings. The van der Waals surface area contributed by atoms with Crippen molar-refractivity contribution >= 4 is 22.8 Å². The second-order valence-electron chi connectivity index (χ2n) is 5.39. The SMILES string of the molecule is Cc1ccc(C)c(-n2c(CCCl)nc3c(C)ccnc32)c1. The van der Waals surface area contributed by atoms with Crippen LogP contribution < -0.4 is 0 Å². The summed E-state index contributed by atoms with van der Waals surface area (Å²) >= 11 is 5.96. The van der Waals surface area contributed by atoms with E-state index in [0.29, 0.717) is 5.88 Å². The van der Waals surface area contributed by atoms with Crippen molar-refractivity contribution in [3.63, 3.8) is 0 Å². The number of hydrogen-bond acceptors (Lipinski definition) is 2. The third-order valence-electron chi connectivity index (χ3n) is 3.74. The lowest BCUT2D eigenvalue weighted by atomic mass is 10.1. The first kappa shape index (κ1) is 14.1. The lowest BCUT2D eigenvalue weighted by Gasteiger charge is -2.12. The van der Waals surface area contributed by atoms with Crippen LogP contribution in [0.2, 0.25) is 0 Å². The van der Waals surface area contributed by atoms with Gasteiger partial charge in [0.2, 0.25) is 0 Å². The maximum absolute atomic E-state index is 5.96. The second-order valence-corrected chi connectivity index (χ2v) is 5.77. The van der Waals surface area contributed by atoms with Crippen molar-refractivity contribution in [1.82, 2.24) is 14.5 Å². The van der Waals surface area contributed by atoms with Gasteiger partial charge in [-0.05, 0) is 49.6 Å². The van der Waals surface area contributed by atoms with Crippen molar-refractivity contribution in [3.05, 3.63) is 53.0 Å². The van der Waals surface area contributed by atoms with Crippen LogP contribution in [0, 0.1) is 20.8 Å². The van der Waals surface area contributed by atoms with E-state index in [1.54, 1.807) is 0 Å². The molecule has 0 aliphatic heterocycles. The second kappa shape index (κ2) is 5.49. The standard InChI is InChI=1S/C17H18ClN3/c1-11-4-5-12(2)14(10-11)21-15(6-8-18)20-16-13(3)7-9-19-17(16)21/h4-5,7,9-10H,6,8H2,1-3H3. The molecule has 3 aromatic rings. The molecule has 21 heavy (non-hydrogen) atoms. The molecule has 3 rings (SSSR count). The van der Waals surface area contributed by atoms with Crippen molar-refractivity contribution in [1.29, 1.82) is 0 Å². The summed E-state index contributed by atoms with van der Waals surface area (Å²) in [5.74, 6) is 1.52. The van der Waals surface area contributed by atoms with E-state index in [1.807, 2.05) is 12.3 Å². The van der Waals surface area contributed by atoms with Gasteiger partial charge in [0, 0.05) is 18.5 Å². The number of aromatic nitrogens is 3. The minimum absolute atomic E-state index is 0.549. The van der Waals surface area contributed by atoms with Gasteiger partial charge in [-0.15, -0.1) is 11.6 Å². The zero-order valence-corrected chi connectivity index (χ0v) is 13.3. The summed E-state index contributed by atoms with van der Waals surface area (Å²) in [4.78, 5) is 9.31.